The molecule has 168 valence electrons. The second-order valence-corrected chi connectivity index (χ2v) is 8.07. The second-order valence-electron chi connectivity index (χ2n) is 7.15. The van der Waals surface area contributed by atoms with Crippen LogP contribution in [0.1, 0.15) is 11.1 Å². The van der Waals surface area contributed by atoms with Crippen LogP contribution < -0.4 is 19.6 Å². The van der Waals surface area contributed by atoms with Gasteiger partial charge in [-0.05, 0) is 47.5 Å². The van der Waals surface area contributed by atoms with Crippen LogP contribution in [0, 0.1) is 0 Å². The molecule has 0 aliphatic carbocycles. The number of hydrogen-bond acceptors (Lipinski definition) is 6. The molecule has 0 atom stereocenters. The van der Waals surface area contributed by atoms with E-state index >= 15 is 0 Å². The minimum absolute atomic E-state index is 0.0173. The van der Waals surface area contributed by atoms with Gasteiger partial charge in [-0.25, -0.2) is 0 Å². The second kappa shape index (κ2) is 9.42. The standard InChI is InChI=1S/C26H21BrO6/c1-30-18-9-5-15(6-10-18)4-7-16-12-19(31-2)14-22(32-3)23(16)26-25(29)24(28)20-13-17(27)8-11-21(20)33-26/h4-14,29H,1-3H3. The molecule has 0 unspecified atom stereocenters. The van der Waals surface area contributed by atoms with Gasteiger partial charge in [0.1, 0.15) is 22.8 Å². The number of aromatic hydroxyl groups is 1. The zero-order chi connectivity index (χ0) is 23.5. The van der Waals surface area contributed by atoms with Crippen molar-refractivity contribution in [2.75, 3.05) is 21.3 Å². The van der Waals surface area contributed by atoms with E-state index in [4.69, 9.17) is 18.6 Å². The fraction of sp³-hybridized carbons (Fsp3) is 0.115. The van der Waals surface area contributed by atoms with Gasteiger partial charge in [0, 0.05) is 10.5 Å². The van der Waals surface area contributed by atoms with Crippen molar-refractivity contribution in [2.45, 2.75) is 0 Å². The summed E-state index contributed by atoms with van der Waals surface area (Å²) in [6.45, 7) is 0. The summed E-state index contributed by atoms with van der Waals surface area (Å²) in [4.78, 5) is 12.9. The predicted molar refractivity (Wildman–Crippen MR) is 132 cm³/mol. The van der Waals surface area contributed by atoms with Crippen LogP contribution in [0.5, 0.6) is 23.0 Å². The van der Waals surface area contributed by atoms with E-state index < -0.39 is 11.2 Å². The molecule has 3 aromatic carbocycles. The summed E-state index contributed by atoms with van der Waals surface area (Å²) in [6, 6.07) is 16.1. The van der Waals surface area contributed by atoms with Gasteiger partial charge >= 0.3 is 0 Å². The third-order valence-electron chi connectivity index (χ3n) is 5.19. The molecule has 0 amide bonds. The lowest BCUT2D eigenvalue weighted by atomic mass is 10.00. The minimum Gasteiger partial charge on any atom is -0.502 e. The molecule has 4 rings (SSSR count). The minimum atomic E-state index is -0.532. The van der Waals surface area contributed by atoms with Gasteiger partial charge in [0.25, 0.3) is 0 Å². The summed E-state index contributed by atoms with van der Waals surface area (Å²) < 4.78 is 22.9. The number of rotatable bonds is 6. The van der Waals surface area contributed by atoms with Crippen molar-refractivity contribution >= 4 is 39.1 Å². The molecule has 33 heavy (non-hydrogen) atoms. The van der Waals surface area contributed by atoms with Crippen LogP contribution >= 0.6 is 15.9 Å². The summed E-state index contributed by atoms with van der Waals surface area (Å²) >= 11 is 3.34. The topological polar surface area (TPSA) is 78.1 Å². The molecule has 0 saturated carbocycles. The molecule has 7 heteroatoms. The van der Waals surface area contributed by atoms with E-state index in [9.17, 15) is 9.90 Å². The molecule has 0 aliphatic rings. The van der Waals surface area contributed by atoms with Gasteiger partial charge in [-0.3, -0.25) is 4.79 Å². The van der Waals surface area contributed by atoms with E-state index in [1.165, 1.54) is 7.11 Å². The summed E-state index contributed by atoms with van der Waals surface area (Å²) in [5, 5.41) is 11.1. The number of benzene rings is 3. The Balaban J connectivity index is 1.94. The van der Waals surface area contributed by atoms with Gasteiger partial charge in [-0.15, -0.1) is 0 Å². The average molecular weight is 509 g/mol. The zero-order valence-electron chi connectivity index (χ0n) is 18.2. The predicted octanol–water partition coefficient (Wildman–Crippen LogP) is 6.12. The Morgan fingerprint density at radius 3 is 2.27 bits per heavy atom. The quantitative estimate of drug-likeness (QED) is 0.316. The SMILES string of the molecule is COc1ccc(C=Cc2cc(OC)cc(OC)c2-c2oc3ccc(Br)cc3c(=O)c2O)cc1. The molecule has 4 aromatic rings. The van der Waals surface area contributed by atoms with Gasteiger partial charge in [0.05, 0.1) is 32.3 Å². The lowest BCUT2D eigenvalue weighted by molar-refractivity contribution is 0.393. The van der Waals surface area contributed by atoms with Crippen molar-refractivity contribution in [1.82, 2.24) is 0 Å². The fourth-order valence-corrected chi connectivity index (χ4v) is 3.85. The van der Waals surface area contributed by atoms with Gasteiger partial charge < -0.3 is 23.7 Å². The average Bonchev–Trinajstić information content (AvgIpc) is 2.85. The molecule has 1 N–H and O–H groups in total. The Morgan fingerprint density at radius 2 is 1.61 bits per heavy atom. The first-order chi connectivity index (χ1) is 15.9. The summed E-state index contributed by atoms with van der Waals surface area (Å²) in [5.41, 5.74) is 1.81. The zero-order valence-corrected chi connectivity index (χ0v) is 19.8. The number of methoxy groups -OCH3 is 3. The summed E-state index contributed by atoms with van der Waals surface area (Å²) in [5.74, 6) is 1.22. The first-order valence-corrected chi connectivity index (χ1v) is 10.8. The van der Waals surface area contributed by atoms with E-state index in [1.54, 1.807) is 44.6 Å². The van der Waals surface area contributed by atoms with E-state index in [0.29, 0.717) is 32.7 Å². The van der Waals surface area contributed by atoms with Gasteiger partial charge in [-0.1, -0.05) is 40.2 Å². The molecule has 0 saturated heterocycles. The van der Waals surface area contributed by atoms with Gasteiger partial charge in [0.2, 0.25) is 11.2 Å². The van der Waals surface area contributed by atoms with E-state index in [2.05, 4.69) is 15.9 Å². The van der Waals surface area contributed by atoms with E-state index in [1.807, 2.05) is 36.4 Å². The Morgan fingerprint density at radius 1 is 0.879 bits per heavy atom. The van der Waals surface area contributed by atoms with E-state index in [-0.39, 0.29) is 11.1 Å². The highest BCUT2D eigenvalue weighted by molar-refractivity contribution is 9.10. The molecule has 0 aliphatic heterocycles. The smallest absolute Gasteiger partial charge is 0.235 e. The van der Waals surface area contributed by atoms with Crippen LogP contribution in [0.15, 0.2) is 68.3 Å². The van der Waals surface area contributed by atoms with Crippen molar-refractivity contribution in [1.29, 1.82) is 0 Å². The highest BCUT2D eigenvalue weighted by Gasteiger charge is 2.22. The van der Waals surface area contributed by atoms with Crippen LogP contribution in [0.2, 0.25) is 0 Å². The van der Waals surface area contributed by atoms with Crippen molar-refractivity contribution in [3.05, 3.63) is 80.4 Å². The Hall–Kier alpha value is -3.71. The van der Waals surface area contributed by atoms with Crippen LogP contribution in [0.25, 0.3) is 34.4 Å². The fourth-order valence-electron chi connectivity index (χ4n) is 3.49. The number of halogens is 1. The van der Waals surface area contributed by atoms with Crippen LogP contribution in [-0.2, 0) is 0 Å². The molecule has 0 fully saturated rings. The largest absolute Gasteiger partial charge is 0.502 e. The summed E-state index contributed by atoms with van der Waals surface area (Å²) in [7, 11) is 4.67. The van der Waals surface area contributed by atoms with Crippen molar-refractivity contribution in [3.63, 3.8) is 0 Å². The molecule has 0 bridgehead atoms. The molecule has 0 spiro atoms. The number of fused-ring (bicyclic) bond motifs is 1. The Kier molecular flexibility index (Phi) is 6.42. The highest BCUT2D eigenvalue weighted by Crippen LogP contribution is 2.42. The van der Waals surface area contributed by atoms with Crippen LogP contribution in [-0.4, -0.2) is 26.4 Å². The maximum atomic E-state index is 12.9. The van der Waals surface area contributed by atoms with Crippen molar-refractivity contribution < 1.29 is 23.7 Å². The number of hydrogen-bond donors (Lipinski definition) is 1. The maximum absolute atomic E-state index is 12.9. The van der Waals surface area contributed by atoms with E-state index in [0.717, 1.165) is 11.3 Å². The number of ether oxygens (including phenoxy) is 3. The molecule has 1 aromatic heterocycles. The first kappa shape index (κ1) is 22.5. The lowest BCUT2D eigenvalue weighted by Gasteiger charge is -2.15. The monoisotopic (exact) mass is 508 g/mol. The van der Waals surface area contributed by atoms with Crippen molar-refractivity contribution in [3.8, 4) is 34.3 Å². The Labute approximate surface area is 198 Å². The molecular formula is C26H21BrO6. The van der Waals surface area contributed by atoms with Gasteiger partial charge in [0.15, 0.2) is 5.76 Å². The van der Waals surface area contributed by atoms with Crippen LogP contribution in [0.4, 0.5) is 0 Å². The third kappa shape index (κ3) is 4.45. The molecular weight excluding hydrogens is 488 g/mol. The normalized spacial score (nSPS) is 11.2. The molecule has 1 heterocycles. The lowest BCUT2D eigenvalue weighted by Crippen LogP contribution is -2.04. The van der Waals surface area contributed by atoms with Crippen LogP contribution in [0.3, 0.4) is 0 Å². The summed E-state index contributed by atoms with van der Waals surface area (Å²) in [6.07, 6.45) is 3.73. The molecule has 0 radical (unpaired) electrons. The maximum Gasteiger partial charge on any atom is 0.235 e. The third-order valence-corrected chi connectivity index (χ3v) is 5.68. The first-order valence-electron chi connectivity index (χ1n) is 9.99. The highest BCUT2D eigenvalue weighted by atomic mass is 79.9. The Bertz CT molecular complexity index is 1400. The molecule has 6 nitrogen and oxygen atoms in total. The van der Waals surface area contributed by atoms with Crippen molar-refractivity contribution in [2.24, 2.45) is 0 Å². The van der Waals surface area contributed by atoms with Gasteiger partial charge in [-0.2, -0.15) is 0 Å².